The van der Waals surface area contributed by atoms with Gasteiger partial charge in [0, 0.05) is 0 Å². The van der Waals surface area contributed by atoms with Crippen LogP contribution in [-0.2, 0) is 4.84 Å². The van der Waals surface area contributed by atoms with E-state index in [1.807, 2.05) is 0 Å². The average Bonchev–Trinajstić information content (AvgIpc) is 2.15. The van der Waals surface area contributed by atoms with Crippen LogP contribution in [0.5, 0.6) is 0 Å². The highest BCUT2D eigenvalue weighted by Crippen LogP contribution is 2.09. The summed E-state index contributed by atoms with van der Waals surface area (Å²) in [6.45, 7) is 4.72. The van der Waals surface area contributed by atoms with Crippen molar-refractivity contribution in [3.05, 3.63) is 35.1 Å². The molecule has 0 fully saturated rings. The van der Waals surface area contributed by atoms with Crippen LogP contribution in [0, 0.1) is 12.7 Å². The van der Waals surface area contributed by atoms with E-state index in [1.54, 1.807) is 13.0 Å². The van der Waals surface area contributed by atoms with E-state index >= 15 is 0 Å². The fourth-order valence-electron chi connectivity index (χ4n) is 1.14. The molecule has 0 bridgehead atoms. The second-order valence-corrected chi connectivity index (χ2v) is 4.52. The van der Waals surface area contributed by atoms with E-state index in [2.05, 4.69) is 5.48 Å². The zero-order valence-electron chi connectivity index (χ0n) is 10.1. The molecule has 0 aliphatic carbocycles. The number of benzene rings is 1. The van der Waals surface area contributed by atoms with Gasteiger partial charge in [0.1, 0.15) is 12.4 Å². The summed E-state index contributed by atoms with van der Waals surface area (Å²) >= 11 is 0. The van der Waals surface area contributed by atoms with Crippen molar-refractivity contribution in [2.75, 3.05) is 6.61 Å². The van der Waals surface area contributed by atoms with Gasteiger partial charge in [-0.25, -0.2) is 9.87 Å². The second kappa shape index (κ2) is 5.25. The first kappa shape index (κ1) is 13.6. The molecule has 17 heavy (non-hydrogen) atoms. The maximum Gasteiger partial charge on any atom is 0.277 e. The number of halogens is 1. The van der Waals surface area contributed by atoms with E-state index in [-0.39, 0.29) is 12.2 Å². The maximum absolute atomic E-state index is 13.4. The zero-order valence-corrected chi connectivity index (χ0v) is 10.1. The van der Waals surface area contributed by atoms with Crippen LogP contribution in [0.4, 0.5) is 4.39 Å². The van der Waals surface area contributed by atoms with Crippen LogP contribution in [0.2, 0.25) is 0 Å². The van der Waals surface area contributed by atoms with Gasteiger partial charge in [-0.2, -0.15) is 0 Å². The molecule has 0 aromatic heterocycles. The summed E-state index contributed by atoms with van der Waals surface area (Å²) < 4.78 is 13.4. The van der Waals surface area contributed by atoms with Gasteiger partial charge in [-0.1, -0.05) is 6.07 Å². The Labute approximate surface area is 99.4 Å². The van der Waals surface area contributed by atoms with Gasteiger partial charge in [0.2, 0.25) is 0 Å². The first-order valence-corrected chi connectivity index (χ1v) is 5.20. The Balaban J connectivity index is 2.59. The monoisotopic (exact) mass is 241 g/mol. The van der Waals surface area contributed by atoms with E-state index in [4.69, 9.17) is 4.84 Å². The molecule has 0 unspecified atom stereocenters. The number of hydrogen-bond donors (Lipinski definition) is 2. The molecule has 1 aromatic carbocycles. The molecule has 0 heterocycles. The molecule has 1 aromatic rings. The van der Waals surface area contributed by atoms with Crippen molar-refractivity contribution in [2.24, 2.45) is 0 Å². The van der Waals surface area contributed by atoms with Gasteiger partial charge < -0.3 is 5.11 Å². The highest BCUT2D eigenvalue weighted by atomic mass is 19.1. The van der Waals surface area contributed by atoms with Crippen molar-refractivity contribution >= 4 is 5.91 Å². The Bertz CT molecular complexity index is 413. The van der Waals surface area contributed by atoms with E-state index in [0.717, 1.165) is 5.56 Å². The molecule has 4 nitrogen and oxygen atoms in total. The Hall–Kier alpha value is -1.46. The number of amides is 1. The fourth-order valence-corrected chi connectivity index (χ4v) is 1.14. The Morgan fingerprint density at radius 3 is 2.71 bits per heavy atom. The van der Waals surface area contributed by atoms with Gasteiger partial charge in [0.25, 0.3) is 5.91 Å². The molecule has 0 saturated carbocycles. The summed E-state index contributed by atoms with van der Waals surface area (Å²) in [6, 6.07) is 4.28. The molecule has 0 spiro atoms. The number of carbonyl (C=O) groups excluding carboxylic acids is 1. The number of hydrogen-bond acceptors (Lipinski definition) is 3. The molecule has 0 saturated heterocycles. The molecular formula is C12H16FNO3. The summed E-state index contributed by atoms with van der Waals surface area (Å²) in [5.74, 6) is -1.28. The van der Waals surface area contributed by atoms with Crippen LogP contribution in [-0.4, -0.2) is 23.2 Å². The summed E-state index contributed by atoms with van der Waals surface area (Å²) in [4.78, 5) is 16.3. The van der Waals surface area contributed by atoms with Crippen molar-refractivity contribution in [2.45, 2.75) is 26.4 Å². The van der Waals surface area contributed by atoms with Gasteiger partial charge in [-0.05, 0) is 38.5 Å². The number of aryl methyl sites for hydroxylation is 1. The minimum Gasteiger partial charge on any atom is -0.388 e. The zero-order chi connectivity index (χ0) is 13.1. The average molecular weight is 241 g/mol. The first-order valence-electron chi connectivity index (χ1n) is 5.20. The highest BCUT2D eigenvalue weighted by Gasteiger charge is 2.15. The number of aliphatic hydroxyl groups is 1. The van der Waals surface area contributed by atoms with Crippen LogP contribution in [0.1, 0.15) is 29.8 Å². The lowest BCUT2D eigenvalue weighted by molar-refractivity contribution is -0.0523. The lowest BCUT2D eigenvalue weighted by Crippen LogP contribution is -2.33. The summed E-state index contributed by atoms with van der Waals surface area (Å²) in [5, 5.41) is 9.34. The van der Waals surface area contributed by atoms with Crippen LogP contribution in [0.15, 0.2) is 18.2 Å². The van der Waals surface area contributed by atoms with Crippen molar-refractivity contribution in [3.63, 3.8) is 0 Å². The van der Waals surface area contributed by atoms with Crippen molar-refractivity contribution < 1.29 is 19.1 Å². The van der Waals surface area contributed by atoms with E-state index < -0.39 is 17.3 Å². The van der Waals surface area contributed by atoms with Crippen LogP contribution in [0.25, 0.3) is 0 Å². The van der Waals surface area contributed by atoms with E-state index in [9.17, 15) is 14.3 Å². The summed E-state index contributed by atoms with van der Waals surface area (Å²) in [5.41, 5.74) is 1.66. The molecule has 2 N–H and O–H groups in total. The molecule has 1 amide bonds. The maximum atomic E-state index is 13.4. The normalized spacial score (nSPS) is 11.4. The predicted molar refractivity (Wildman–Crippen MR) is 60.9 cm³/mol. The van der Waals surface area contributed by atoms with Gasteiger partial charge in [0.15, 0.2) is 0 Å². The standard InChI is InChI=1S/C12H16FNO3/c1-8-4-5-9(10(13)6-8)11(15)14-17-7-12(2,3)16/h4-6,16H,7H2,1-3H3,(H,14,15). The topological polar surface area (TPSA) is 58.6 Å². The number of hydroxylamine groups is 1. The Kier molecular flexibility index (Phi) is 4.20. The van der Waals surface area contributed by atoms with E-state index in [0.29, 0.717) is 0 Å². The third-order valence-corrected chi connectivity index (χ3v) is 1.96. The van der Waals surface area contributed by atoms with Gasteiger partial charge in [0.05, 0.1) is 11.2 Å². The molecule has 0 aliphatic heterocycles. The number of rotatable bonds is 4. The lowest BCUT2D eigenvalue weighted by Gasteiger charge is -2.16. The molecule has 94 valence electrons. The summed E-state index contributed by atoms with van der Waals surface area (Å²) in [6.07, 6.45) is 0. The molecule has 0 radical (unpaired) electrons. The first-order chi connectivity index (χ1) is 7.79. The Morgan fingerprint density at radius 2 is 2.18 bits per heavy atom. The quantitative estimate of drug-likeness (QED) is 0.787. The van der Waals surface area contributed by atoms with Crippen molar-refractivity contribution in [1.29, 1.82) is 0 Å². The highest BCUT2D eigenvalue weighted by molar-refractivity contribution is 5.93. The number of nitrogens with one attached hydrogen (secondary N) is 1. The Morgan fingerprint density at radius 1 is 1.53 bits per heavy atom. The third-order valence-electron chi connectivity index (χ3n) is 1.96. The van der Waals surface area contributed by atoms with Crippen LogP contribution < -0.4 is 5.48 Å². The van der Waals surface area contributed by atoms with Gasteiger partial charge in [-0.15, -0.1) is 0 Å². The molecule has 0 atom stereocenters. The van der Waals surface area contributed by atoms with E-state index in [1.165, 1.54) is 26.0 Å². The SMILES string of the molecule is Cc1ccc(C(=O)NOCC(C)(C)O)c(F)c1. The minimum absolute atomic E-state index is 0.0772. The molecule has 0 aliphatic rings. The smallest absolute Gasteiger partial charge is 0.277 e. The van der Waals surface area contributed by atoms with Crippen LogP contribution >= 0.6 is 0 Å². The van der Waals surface area contributed by atoms with Crippen molar-refractivity contribution in [3.8, 4) is 0 Å². The molecule has 1 rings (SSSR count). The van der Waals surface area contributed by atoms with Crippen molar-refractivity contribution in [1.82, 2.24) is 5.48 Å². The molecular weight excluding hydrogens is 225 g/mol. The summed E-state index contributed by atoms with van der Waals surface area (Å²) in [7, 11) is 0. The largest absolute Gasteiger partial charge is 0.388 e. The lowest BCUT2D eigenvalue weighted by atomic mass is 10.1. The van der Waals surface area contributed by atoms with Gasteiger partial charge >= 0.3 is 0 Å². The minimum atomic E-state index is -1.06. The second-order valence-electron chi connectivity index (χ2n) is 4.52. The third kappa shape index (κ3) is 4.50. The number of carbonyl (C=O) groups is 1. The molecule has 5 heteroatoms. The van der Waals surface area contributed by atoms with Gasteiger partial charge in [-0.3, -0.25) is 9.63 Å². The fraction of sp³-hybridized carbons (Fsp3) is 0.417. The predicted octanol–water partition coefficient (Wildman–Crippen LogP) is 1.57. The van der Waals surface area contributed by atoms with Crippen LogP contribution in [0.3, 0.4) is 0 Å².